The number of primary amides is 1. The van der Waals surface area contributed by atoms with Gasteiger partial charge in [-0.2, -0.15) is 0 Å². The van der Waals surface area contributed by atoms with Crippen molar-refractivity contribution >= 4 is 11.8 Å². The number of nitrogens with zero attached hydrogens (tertiary/aromatic N) is 1. The van der Waals surface area contributed by atoms with Gasteiger partial charge in [0.25, 0.3) is 0 Å². The molecule has 0 unspecified atom stereocenters. The van der Waals surface area contributed by atoms with E-state index < -0.39 is 5.91 Å². The van der Waals surface area contributed by atoms with Gasteiger partial charge in [0.2, 0.25) is 11.8 Å². The lowest BCUT2D eigenvalue weighted by molar-refractivity contribution is -0.125. The standard InChI is InChI=1S/C7H10N2O2/c8-6(10)3-5-9-4-1-2-7(9)11/h3,5H,1-2,4H2,(H2,8,10). The first kappa shape index (κ1) is 7.78. The summed E-state index contributed by atoms with van der Waals surface area (Å²) >= 11 is 0. The zero-order chi connectivity index (χ0) is 8.27. The van der Waals surface area contributed by atoms with Crippen LogP contribution in [0.25, 0.3) is 0 Å². The highest BCUT2D eigenvalue weighted by atomic mass is 16.2. The van der Waals surface area contributed by atoms with E-state index in [-0.39, 0.29) is 5.91 Å². The third-order valence-electron chi connectivity index (χ3n) is 1.53. The average Bonchev–Trinajstić information content (AvgIpc) is 2.31. The molecule has 0 radical (unpaired) electrons. The van der Waals surface area contributed by atoms with Crippen LogP contribution >= 0.6 is 0 Å². The first-order valence-corrected chi connectivity index (χ1v) is 3.47. The number of hydrogen-bond donors (Lipinski definition) is 1. The van der Waals surface area contributed by atoms with Crippen LogP contribution in [0.1, 0.15) is 12.8 Å². The van der Waals surface area contributed by atoms with Gasteiger partial charge in [0.05, 0.1) is 0 Å². The summed E-state index contributed by atoms with van der Waals surface area (Å²) in [6.45, 7) is 0.697. The Bertz CT molecular complexity index is 210. The van der Waals surface area contributed by atoms with E-state index in [2.05, 4.69) is 0 Å². The summed E-state index contributed by atoms with van der Waals surface area (Å²) in [6, 6.07) is 0. The van der Waals surface area contributed by atoms with Gasteiger partial charge in [-0.15, -0.1) is 0 Å². The third kappa shape index (κ3) is 2.07. The van der Waals surface area contributed by atoms with Gasteiger partial charge in [-0.1, -0.05) is 0 Å². The normalized spacial score (nSPS) is 18.2. The maximum atomic E-state index is 10.9. The molecule has 0 bridgehead atoms. The number of likely N-dealkylation sites (tertiary alicyclic amines) is 1. The van der Waals surface area contributed by atoms with Crippen LogP contribution in [0.15, 0.2) is 12.3 Å². The van der Waals surface area contributed by atoms with Crippen molar-refractivity contribution in [2.75, 3.05) is 6.54 Å². The Morgan fingerprint density at radius 2 is 2.36 bits per heavy atom. The van der Waals surface area contributed by atoms with Crippen molar-refractivity contribution in [1.29, 1.82) is 0 Å². The van der Waals surface area contributed by atoms with E-state index in [4.69, 9.17) is 5.73 Å². The van der Waals surface area contributed by atoms with Crippen molar-refractivity contribution < 1.29 is 9.59 Å². The minimum Gasteiger partial charge on any atom is -0.366 e. The molecule has 1 saturated heterocycles. The lowest BCUT2D eigenvalue weighted by Gasteiger charge is -2.06. The van der Waals surface area contributed by atoms with Crippen molar-refractivity contribution in [3.05, 3.63) is 12.3 Å². The van der Waals surface area contributed by atoms with E-state index in [9.17, 15) is 9.59 Å². The molecule has 60 valence electrons. The van der Waals surface area contributed by atoms with Gasteiger partial charge in [0.15, 0.2) is 0 Å². The SMILES string of the molecule is NC(=O)C=CN1CCCC1=O. The minimum atomic E-state index is -0.523. The van der Waals surface area contributed by atoms with Crippen LogP contribution in [-0.4, -0.2) is 23.3 Å². The first-order valence-electron chi connectivity index (χ1n) is 3.47. The number of amides is 2. The van der Waals surface area contributed by atoms with Gasteiger partial charge in [0.1, 0.15) is 0 Å². The molecular formula is C7H10N2O2. The second-order valence-corrected chi connectivity index (χ2v) is 2.41. The largest absolute Gasteiger partial charge is 0.366 e. The molecule has 0 aromatic carbocycles. The number of rotatable bonds is 2. The maximum Gasteiger partial charge on any atom is 0.242 e. The Balaban J connectivity index is 2.48. The van der Waals surface area contributed by atoms with Crippen LogP contribution in [0.2, 0.25) is 0 Å². The van der Waals surface area contributed by atoms with E-state index in [1.807, 2.05) is 0 Å². The molecule has 1 heterocycles. The number of carbonyl (C=O) groups excluding carboxylic acids is 2. The lowest BCUT2D eigenvalue weighted by atomic mass is 10.4. The molecule has 2 N–H and O–H groups in total. The van der Waals surface area contributed by atoms with Crippen molar-refractivity contribution in [2.45, 2.75) is 12.8 Å². The van der Waals surface area contributed by atoms with Gasteiger partial charge in [-0.05, 0) is 6.42 Å². The zero-order valence-electron chi connectivity index (χ0n) is 6.12. The monoisotopic (exact) mass is 154 g/mol. The number of hydrogen-bond acceptors (Lipinski definition) is 2. The molecular weight excluding hydrogens is 144 g/mol. The zero-order valence-corrected chi connectivity index (χ0v) is 6.12. The summed E-state index contributed by atoms with van der Waals surface area (Å²) < 4.78 is 0. The molecule has 4 nitrogen and oxygen atoms in total. The molecule has 1 fully saturated rings. The van der Waals surface area contributed by atoms with E-state index in [1.54, 1.807) is 0 Å². The van der Waals surface area contributed by atoms with E-state index in [0.717, 1.165) is 6.42 Å². The number of carbonyl (C=O) groups is 2. The van der Waals surface area contributed by atoms with Crippen molar-refractivity contribution in [3.63, 3.8) is 0 Å². The molecule has 0 aliphatic carbocycles. The van der Waals surface area contributed by atoms with Gasteiger partial charge in [-0.3, -0.25) is 9.59 Å². The van der Waals surface area contributed by atoms with Crippen LogP contribution in [0.3, 0.4) is 0 Å². The predicted molar refractivity (Wildman–Crippen MR) is 39.3 cm³/mol. The molecule has 11 heavy (non-hydrogen) atoms. The van der Waals surface area contributed by atoms with Crippen LogP contribution < -0.4 is 5.73 Å². The molecule has 0 aromatic heterocycles. The molecule has 0 saturated carbocycles. The fourth-order valence-corrected chi connectivity index (χ4v) is 0.990. The van der Waals surface area contributed by atoms with Gasteiger partial charge >= 0.3 is 0 Å². The summed E-state index contributed by atoms with van der Waals surface area (Å²) in [5.74, 6) is -0.466. The van der Waals surface area contributed by atoms with Crippen molar-refractivity contribution in [3.8, 4) is 0 Å². The van der Waals surface area contributed by atoms with Crippen molar-refractivity contribution in [2.24, 2.45) is 5.73 Å². The Morgan fingerprint density at radius 1 is 1.64 bits per heavy atom. The van der Waals surface area contributed by atoms with Crippen LogP contribution in [-0.2, 0) is 9.59 Å². The van der Waals surface area contributed by atoms with Crippen LogP contribution in [0, 0.1) is 0 Å². The molecule has 4 heteroatoms. The average molecular weight is 154 g/mol. The van der Waals surface area contributed by atoms with E-state index in [1.165, 1.54) is 17.2 Å². The van der Waals surface area contributed by atoms with Gasteiger partial charge in [0, 0.05) is 25.2 Å². The Labute approximate surface area is 64.7 Å². The second kappa shape index (κ2) is 3.18. The highest BCUT2D eigenvalue weighted by molar-refractivity contribution is 5.87. The van der Waals surface area contributed by atoms with Crippen molar-refractivity contribution in [1.82, 2.24) is 4.90 Å². The van der Waals surface area contributed by atoms with E-state index >= 15 is 0 Å². The predicted octanol–water partition coefficient (Wildman–Crippen LogP) is -0.392. The third-order valence-corrected chi connectivity index (χ3v) is 1.53. The molecule has 1 aliphatic heterocycles. The number of nitrogens with two attached hydrogens (primary N) is 1. The Kier molecular flexibility index (Phi) is 2.25. The molecule has 2 amide bonds. The summed E-state index contributed by atoms with van der Waals surface area (Å²) in [5.41, 5.74) is 4.85. The lowest BCUT2D eigenvalue weighted by Crippen LogP contribution is -2.18. The first-order chi connectivity index (χ1) is 5.20. The fourth-order valence-electron chi connectivity index (χ4n) is 0.990. The highest BCUT2D eigenvalue weighted by Crippen LogP contribution is 2.08. The molecule has 0 spiro atoms. The molecule has 0 atom stereocenters. The topological polar surface area (TPSA) is 63.4 Å². The Morgan fingerprint density at radius 3 is 2.82 bits per heavy atom. The summed E-state index contributed by atoms with van der Waals surface area (Å²) in [7, 11) is 0. The minimum absolute atomic E-state index is 0.0579. The summed E-state index contributed by atoms with van der Waals surface area (Å²) in [4.78, 5) is 22.7. The summed E-state index contributed by atoms with van der Waals surface area (Å²) in [6.07, 6.45) is 4.08. The molecule has 1 rings (SSSR count). The Hall–Kier alpha value is -1.32. The maximum absolute atomic E-state index is 10.9. The van der Waals surface area contributed by atoms with Gasteiger partial charge in [-0.25, -0.2) is 0 Å². The molecule has 1 aliphatic rings. The second-order valence-electron chi connectivity index (χ2n) is 2.41. The molecule has 0 aromatic rings. The smallest absolute Gasteiger partial charge is 0.242 e. The van der Waals surface area contributed by atoms with Crippen LogP contribution in [0.5, 0.6) is 0 Å². The van der Waals surface area contributed by atoms with Gasteiger partial charge < -0.3 is 10.6 Å². The highest BCUT2D eigenvalue weighted by Gasteiger charge is 2.17. The summed E-state index contributed by atoms with van der Waals surface area (Å²) in [5, 5.41) is 0. The quantitative estimate of drug-likeness (QED) is 0.550. The fraction of sp³-hybridized carbons (Fsp3) is 0.429. The van der Waals surface area contributed by atoms with Crippen LogP contribution in [0.4, 0.5) is 0 Å². The van der Waals surface area contributed by atoms with E-state index in [0.29, 0.717) is 13.0 Å².